The van der Waals surface area contributed by atoms with Gasteiger partial charge >= 0.3 is 0 Å². The summed E-state index contributed by atoms with van der Waals surface area (Å²) in [6, 6.07) is -0.152. The van der Waals surface area contributed by atoms with Crippen LogP contribution in [0.2, 0.25) is 5.28 Å². The normalized spacial score (nSPS) is 25.0. The lowest BCUT2D eigenvalue weighted by atomic mass is 9.92. The van der Waals surface area contributed by atoms with Gasteiger partial charge in [0.25, 0.3) is 0 Å². The van der Waals surface area contributed by atoms with Crippen molar-refractivity contribution in [2.45, 2.75) is 62.7 Å². The van der Waals surface area contributed by atoms with Crippen LogP contribution in [0.4, 0.5) is 14.6 Å². The molecule has 10 nitrogen and oxygen atoms in total. The van der Waals surface area contributed by atoms with Crippen molar-refractivity contribution in [1.82, 2.24) is 19.6 Å². The summed E-state index contributed by atoms with van der Waals surface area (Å²) in [7, 11) is -4.12. The maximum atomic E-state index is 13.4. The molecule has 2 aliphatic rings. The SMILES string of the molecule is OP(O)CP(O)OCC1CCC(c2cnc3c(NC4CCC(F)(F)CC4)nc(Cl)nn23)O1. The molecule has 2 fully saturated rings. The molecule has 3 unspecified atom stereocenters. The first-order valence-electron chi connectivity index (χ1n) is 10.2. The van der Waals surface area contributed by atoms with E-state index in [4.69, 9.17) is 30.6 Å². The molecule has 0 radical (unpaired) electrons. The highest BCUT2D eigenvalue weighted by atomic mass is 35.5. The van der Waals surface area contributed by atoms with Crippen molar-refractivity contribution >= 4 is 39.8 Å². The molecule has 2 aromatic heterocycles. The van der Waals surface area contributed by atoms with Crippen molar-refractivity contribution in [2.24, 2.45) is 0 Å². The summed E-state index contributed by atoms with van der Waals surface area (Å²) in [6.45, 7) is 0.132. The second kappa shape index (κ2) is 10.2. The zero-order chi connectivity index (χ0) is 22.9. The molecule has 4 rings (SSSR count). The molecule has 1 aliphatic carbocycles. The molecule has 32 heavy (non-hydrogen) atoms. The maximum Gasteiger partial charge on any atom is 0.248 e. The number of hydrogen-bond donors (Lipinski definition) is 4. The van der Waals surface area contributed by atoms with Crippen LogP contribution < -0.4 is 5.32 Å². The molecular formula is C17H24ClF2N5O5P2. The van der Waals surface area contributed by atoms with Crippen LogP contribution in [-0.2, 0) is 9.26 Å². The van der Waals surface area contributed by atoms with E-state index in [1.807, 2.05) is 0 Å². The van der Waals surface area contributed by atoms with Gasteiger partial charge in [-0.1, -0.05) is 0 Å². The summed E-state index contributed by atoms with van der Waals surface area (Å²) in [5.41, 5.74) is 1.11. The molecule has 2 aromatic rings. The van der Waals surface area contributed by atoms with E-state index in [1.54, 1.807) is 10.7 Å². The Bertz CT molecular complexity index is 932. The van der Waals surface area contributed by atoms with Crippen molar-refractivity contribution in [1.29, 1.82) is 0 Å². The van der Waals surface area contributed by atoms with E-state index in [0.29, 0.717) is 42.8 Å². The van der Waals surface area contributed by atoms with Crippen molar-refractivity contribution in [3.05, 3.63) is 17.2 Å². The minimum absolute atomic E-state index is 0.00584. The van der Waals surface area contributed by atoms with Gasteiger partial charge in [0.1, 0.15) is 6.10 Å². The first-order valence-corrected chi connectivity index (χ1v) is 13.4. The van der Waals surface area contributed by atoms with Crippen LogP contribution in [0.25, 0.3) is 5.65 Å². The van der Waals surface area contributed by atoms with Crippen LogP contribution >= 0.6 is 28.4 Å². The van der Waals surface area contributed by atoms with Gasteiger partial charge in [-0.15, -0.1) is 5.10 Å². The van der Waals surface area contributed by atoms with Crippen LogP contribution in [-0.4, -0.2) is 64.8 Å². The molecule has 4 N–H and O–H groups in total. The van der Waals surface area contributed by atoms with E-state index in [9.17, 15) is 13.7 Å². The predicted octanol–water partition coefficient (Wildman–Crippen LogP) is 3.56. The van der Waals surface area contributed by atoms with Crippen molar-refractivity contribution < 1.29 is 32.7 Å². The minimum Gasteiger partial charge on any atom is -0.366 e. The Morgan fingerprint density at radius 2 is 2.00 bits per heavy atom. The number of alkyl halides is 2. The summed E-state index contributed by atoms with van der Waals surface area (Å²) in [4.78, 5) is 36.2. The van der Waals surface area contributed by atoms with E-state index in [-0.39, 0.29) is 48.9 Å². The highest BCUT2D eigenvalue weighted by Gasteiger charge is 2.35. The monoisotopic (exact) mass is 513 g/mol. The van der Waals surface area contributed by atoms with E-state index in [0.717, 1.165) is 0 Å². The summed E-state index contributed by atoms with van der Waals surface area (Å²) < 4.78 is 39.7. The van der Waals surface area contributed by atoms with Crippen molar-refractivity contribution in [2.75, 3.05) is 17.8 Å². The van der Waals surface area contributed by atoms with E-state index >= 15 is 0 Å². The molecule has 0 amide bonds. The van der Waals surface area contributed by atoms with E-state index in [1.165, 1.54) is 0 Å². The Hall–Kier alpha value is -0.840. The number of imidazole rings is 1. The molecule has 1 aliphatic heterocycles. The number of halogens is 3. The first-order chi connectivity index (χ1) is 15.2. The smallest absolute Gasteiger partial charge is 0.248 e. The predicted molar refractivity (Wildman–Crippen MR) is 115 cm³/mol. The first kappa shape index (κ1) is 24.3. The number of aromatic nitrogens is 4. The molecular weight excluding hydrogens is 490 g/mol. The van der Waals surface area contributed by atoms with Gasteiger partial charge < -0.3 is 29.3 Å². The lowest BCUT2D eigenvalue weighted by Crippen LogP contribution is -2.32. The molecule has 178 valence electrons. The zero-order valence-electron chi connectivity index (χ0n) is 16.9. The summed E-state index contributed by atoms with van der Waals surface area (Å²) in [5, 5.41) is 7.42. The molecule has 0 spiro atoms. The third kappa shape index (κ3) is 5.98. The average Bonchev–Trinajstić information content (AvgIpc) is 3.34. The fourth-order valence-electron chi connectivity index (χ4n) is 3.93. The molecule has 0 bridgehead atoms. The largest absolute Gasteiger partial charge is 0.366 e. The fourth-order valence-corrected chi connectivity index (χ4v) is 5.62. The lowest BCUT2D eigenvalue weighted by Gasteiger charge is -2.29. The summed E-state index contributed by atoms with van der Waals surface area (Å²) in [5.74, 6) is -2.41. The number of rotatable bonds is 8. The van der Waals surface area contributed by atoms with Crippen LogP contribution in [0.15, 0.2) is 6.20 Å². The Balaban J connectivity index is 1.42. The topological polar surface area (TPSA) is 134 Å². The van der Waals surface area contributed by atoms with Crippen LogP contribution in [0.3, 0.4) is 0 Å². The Labute approximate surface area is 190 Å². The molecule has 3 heterocycles. The average molecular weight is 514 g/mol. The highest BCUT2D eigenvalue weighted by molar-refractivity contribution is 7.63. The van der Waals surface area contributed by atoms with Gasteiger partial charge in [0.15, 0.2) is 28.2 Å². The number of nitrogens with zero attached hydrogens (tertiary/aromatic N) is 4. The van der Waals surface area contributed by atoms with Gasteiger partial charge in [-0.3, -0.25) is 0 Å². The van der Waals surface area contributed by atoms with Gasteiger partial charge in [-0.05, 0) is 37.3 Å². The standard InChI is InChI=1S/C17H24ClF2N5O5P2/c18-16-23-14(22-10-3-5-17(19,20)6-4-10)15-21-7-12(25(15)24-16)13-2-1-11(30-13)8-29-32(28)9-31(26)27/h7,10-11,13,26-28H,1-6,8-9H2,(H,22,23,24). The highest BCUT2D eigenvalue weighted by Crippen LogP contribution is 2.45. The van der Waals surface area contributed by atoms with E-state index in [2.05, 4.69) is 20.4 Å². The summed E-state index contributed by atoms with van der Waals surface area (Å²) in [6.07, 6.45) is 2.66. The van der Waals surface area contributed by atoms with Gasteiger partial charge in [0, 0.05) is 18.9 Å². The molecule has 1 saturated heterocycles. The fraction of sp³-hybridized carbons (Fsp3) is 0.706. The molecule has 3 atom stereocenters. The Morgan fingerprint density at radius 3 is 2.72 bits per heavy atom. The Morgan fingerprint density at radius 1 is 1.25 bits per heavy atom. The number of nitrogens with one attached hydrogen (secondary N) is 1. The number of fused-ring (bicyclic) bond motifs is 1. The number of ether oxygens (including phenoxy) is 1. The van der Waals surface area contributed by atoms with Crippen LogP contribution in [0, 0.1) is 0 Å². The summed E-state index contributed by atoms with van der Waals surface area (Å²) >= 11 is 6.12. The molecule has 15 heteroatoms. The van der Waals surface area contributed by atoms with Crippen LogP contribution in [0.1, 0.15) is 50.3 Å². The lowest BCUT2D eigenvalue weighted by molar-refractivity contribution is -0.0361. The van der Waals surface area contributed by atoms with E-state index < -0.39 is 22.7 Å². The zero-order valence-corrected chi connectivity index (χ0v) is 19.5. The quantitative estimate of drug-likeness (QED) is 0.391. The van der Waals surface area contributed by atoms with Crippen molar-refractivity contribution in [3.63, 3.8) is 0 Å². The second-order valence-electron chi connectivity index (χ2n) is 7.91. The van der Waals surface area contributed by atoms with Gasteiger partial charge in [-0.2, -0.15) is 4.98 Å². The minimum atomic E-state index is -2.62. The van der Waals surface area contributed by atoms with Gasteiger partial charge in [0.05, 0.1) is 30.5 Å². The molecule has 0 aromatic carbocycles. The third-order valence-corrected chi connectivity index (χ3v) is 8.10. The number of hydrogen-bond acceptors (Lipinski definition) is 9. The Kier molecular flexibility index (Phi) is 7.74. The second-order valence-corrected chi connectivity index (χ2v) is 11.1. The van der Waals surface area contributed by atoms with Crippen LogP contribution in [0.5, 0.6) is 0 Å². The van der Waals surface area contributed by atoms with Gasteiger partial charge in [0.2, 0.25) is 11.2 Å². The number of anilines is 1. The van der Waals surface area contributed by atoms with Crippen molar-refractivity contribution in [3.8, 4) is 0 Å². The van der Waals surface area contributed by atoms with Gasteiger partial charge in [-0.25, -0.2) is 18.3 Å². The maximum absolute atomic E-state index is 13.4. The third-order valence-electron chi connectivity index (χ3n) is 5.51. The molecule has 1 saturated carbocycles.